The molecule has 3 N–H and O–H groups in total. The van der Waals surface area contributed by atoms with E-state index in [-0.39, 0.29) is 36.9 Å². The van der Waals surface area contributed by atoms with Gasteiger partial charge >= 0.3 is 0 Å². The molecule has 1 amide bonds. The van der Waals surface area contributed by atoms with Crippen LogP contribution in [0.25, 0.3) is 22.0 Å². The molecule has 1 aliphatic rings. The minimum absolute atomic E-state index is 0.0471. The van der Waals surface area contributed by atoms with Crippen molar-refractivity contribution in [3.05, 3.63) is 82.5 Å². The van der Waals surface area contributed by atoms with Crippen LogP contribution in [0.1, 0.15) is 10.5 Å². The van der Waals surface area contributed by atoms with Gasteiger partial charge in [0.25, 0.3) is 5.91 Å². The zero-order valence-corrected chi connectivity index (χ0v) is 21.8. The van der Waals surface area contributed by atoms with Gasteiger partial charge in [-0.1, -0.05) is 53.5 Å². The highest BCUT2D eigenvalue weighted by Crippen LogP contribution is 2.33. The van der Waals surface area contributed by atoms with E-state index in [4.69, 9.17) is 38.4 Å². The molecular formula is C26H23Cl2N3O5S. The highest BCUT2D eigenvalue weighted by molar-refractivity contribution is 7.89. The lowest BCUT2D eigenvalue weighted by Crippen LogP contribution is -2.47. The number of carbonyl (C=O) groups excluding carboxylic acids is 1. The number of ether oxygens (including phenoxy) is 2. The Morgan fingerprint density at radius 2 is 1.86 bits per heavy atom. The third-order valence-electron chi connectivity index (χ3n) is 6.13. The fraction of sp³-hybridized carbons (Fsp3) is 0.192. The lowest BCUT2D eigenvalue weighted by Gasteiger charge is -2.32. The Balaban J connectivity index is 1.32. The second-order valence-electron chi connectivity index (χ2n) is 8.55. The maximum atomic E-state index is 13.7. The number of sulfonamides is 1. The Morgan fingerprint density at radius 1 is 1.11 bits per heavy atom. The fourth-order valence-corrected chi connectivity index (χ4v) is 6.55. The van der Waals surface area contributed by atoms with Gasteiger partial charge in [-0.2, -0.15) is 4.31 Å². The molecule has 192 valence electrons. The van der Waals surface area contributed by atoms with Crippen LogP contribution < -0.4 is 10.5 Å². The normalized spacial score (nSPS) is 16.6. The first-order valence-electron chi connectivity index (χ1n) is 11.4. The van der Waals surface area contributed by atoms with E-state index in [1.165, 1.54) is 10.4 Å². The smallest absolute Gasteiger partial charge is 0.266 e. The maximum Gasteiger partial charge on any atom is 0.266 e. The summed E-state index contributed by atoms with van der Waals surface area (Å²) in [4.78, 5) is 14.7. The van der Waals surface area contributed by atoms with Crippen molar-refractivity contribution >= 4 is 50.0 Å². The highest BCUT2D eigenvalue weighted by Gasteiger charge is 2.36. The molecule has 0 spiro atoms. The lowest BCUT2D eigenvalue weighted by atomic mass is 10.1. The number of amides is 1. The van der Waals surface area contributed by atoms with Gasteiger partial charge in [0.2, 0.25) is 10.0 Å². The summed E-state index contributed by atoms with van der Waals surface area (Å²) >= 11 is 12.4. The van der Waals surface area contributed by atoms with Gasteiger partial charge in [-0.3, -0.25) is 4.79 Å². The van der Waals surface area contributed by atoms with E-state index in [2.05, 4.69) is 4.98 Å². The van der Waals surface area contributed by atoms with Gasteiger partial charge in [-0.25, -0.2) is 8.42 Å². The van der Waals surface area contributed by atoms with Gasteiger partial charge in [-0.05, 0) is 42.0 Å². The molecule has 0 bridgehead atoms. The maximum absolute atomic E-state index is 13.7. The van der Waals surface area contributed by atoms with E-state index in [1.54, 1.807) is 12.1 Å². The van der Waals surface area contributed by atoms with Crippen LogP contribution in [0.5, 0.6) is 5.75 Å². The zero-order chi connectivity index (χ0) is 26.2. The van der Waals surface area contributed by atoms with Crippen molar-refractivity contribution in [2.75, 3.05) is 26.3 Å². The number of hydrogen-bond acceptors (Lipinski definition) is 5. The van der Waals surface area contributed by atoms with Crippen LogP contribution in [-0.2, 0) is 14.8 Å². The first-order chi connectivity index (χ1) is 17.7. The molecule has 1 atom stereocenters. The Morgan fingerprint density at radius 3 is 2.59 bits per heavy atom. The number of fused-ring (bicyclic) bond motifs is 1. The third-order valence-corrected chi connectivity index (χ3v) is 8.65. The van der Waals surface area contributed by atoms with Crippen LogP contribution in [0.15, 0.2) is 71.6 Å². The number of aromatic nitrogens is 1. The topological polar surface area (TPSA) is 115 Å². The molecule has 11 heteroatoms. The van der Waals surface area contributed by atoms with Gasteiger partial charge < -0.3 is 20.2 Å². The minimum Gasteiger partial charge on any atom is -0.491 e. The number of nitrogens with zero attached hydrogens (tertiary/aromatic N) is 1. The number of halogens is 2. The van der Waals surface area contributed by atoms with Crippen molar-refractivity contribution in [2.24, 2.45) is 5.73 Å². The summed E-state index contributed by atoms with van der Waals surface area (Å²) in [5.41, 5.74) is 7.63. The Bertz CT molecular complexity index is 1570. The number of H-pyrrole nitrogens is 1. The van der Waals surface area contributed by atoms with Crippen LogP contribution in [0, 0.1) is 0 Å². The molecule has 1 saturated heterocycles. The molecule has 0 saturated carbocycles. The van der Waals surface area contributed by atoms with Crippen molar-refractivity contribution in [3.63, 3.8) is 0 Å². The van der Waals surface area contributed by atoms with Crippen molar-refractivity contribution in [1.82, 2.24) is 9.29 Å². The predicted octanol–water partition coefficient (Wildman–Crippen LogP) is 4.71. The van der Waals surface area contributed by atoms with Crippen molar-refractivity contribution in [3.8, 4) is 16.9 Å². The molecule has 4 aromatic rings. The van der Waals surface area contributed by atoms with E-state index < -0.39 is 22.0 Å². The summed E-state index contributed by atoms with van der Waals surface area (Å²) in [6.07, 6.45) is -0.516. The van der Waals surface area contributed by atoms with Crippen LogP contribution in [0.4, 0.5) is 0 Å². The SMILES string of the molecule is NC(=O)c1[nH]c2ccc(Cl)cc2c1S(=O)(=O)N1CCOC(COc2ccc(-c3ccccc3Cl)cc2)C1. The van der Waals surface area contributed by atoms with Crippen molar-refractivity contribution < 1.29 is 22.7 Å². The number of primary amides is 1. The average molecular weight is 560 g/mol. The molecule has 37 heavy (non-hydrogen) atoms. The Hall–Kier alpha value is -3.08. The van der Waals surface area contributed by atoms with Crippen LogP contribution in [-0.4, -0.2) is 56.0 Å². The second kappa shape index (κ2) is 10.4. The molecular weight excluding hydrogens is 537 g/mol. The summed E-state index contributed by atoms with van der Waals surface area (Å²) in [6, 6.07) is 19.7. The van der Waals surface area contributed by atoms with Crippen LogP contribution >= 0.6 is 23.2 Å². The summed E-state index contributed by atoms with van der Waals surface area (Å²) in [6.45, 7) is 0.482. The molecule has 0 radical (unpaired) electrons. The number of carbonyl (C=O) groups is 1. The standard InChI is InChI=1S/C26H23Cl2N3O5S/c27-17-7-10-23-21(13-17)25(24(30-23)26(29)32)37(33,34)31-11-12-35-19(14-31)15-36-18-8-5-16(6-9-18)20-3-1-2-4-22(20)28/h1-10,13,19,30H,11-12,14-15H2,(H2,29,32). The lowest BCUT2D eigenvalue weighted by molar-refractivity contribution is -0.0249. The largest absolute Gasteiger partial charge is 0.491 e. The quantitative estimate of drug-likeness (QED) is 0.340. The molecule has 2 heterocycles. The molecule has 5 rings (SSSR count). The van der Waals surface area contributed by atoms with Gasteiger partial charge in [0.15, 0.2) is 0 Å². The molecule has 1 aliphatic heterocycles. The highest BCUT2D eigenvalue weighted by atomic mass is 35.5. The number of morpholine rings is 1. The molecule has 0 aliphatic carbocycles. The fourth-order valence-electron chi connectivity index (χ4n) is 4.34. The average Bonchev–Trinajstić information content (AvgIpc) is 3.28. The van der Waals surface area contributed by atoms with E-state index in [9.17, 15) is 13.2 Å². The second-order valence-corrected chi connectivity index (χ2v) is 11.3. The molecule has 1 unspecified atom stereocenters. The van der Waals surface area contributed by atoms with E-state index in [0.717, 1.165) is 11.1 Å². The van der Waals surface area contributed by atoms with Crippen molar-refractivity contribution in [2.45, 2.75) is 11.0 Å². The van der Waals surface area contributed by atoms with E-state index in [1.807, 2.05) is 48.5 Å². The van der Waals surface area contributed by atoms with E-state index in [0.29, 0.717) is 26.7 Å². The molecule has 3 aromatic carbocycles. The first kappa shape index (κ1) is 25.6. The molecule has 1 aromatic heterocycles. The summed E-state index contributed by atoms with van der Waals surface area (Å²) in [5, 5.41) is 1.30. The number of hydrogen-bond donors (Lipinski definition) is 2. The first-order valence-corrected chi connectivity index (χ1v) is 13.6. The monoisotopic (exact) mass is 559 g/mol. The minimum atomic E-state index is -4.10. The van der Waals surface area contributed by atoms with Gasteiger partial charge in [0.05, 0.1) is 6.61 Å². The van der Waals surface area contributed by atoms with Crippen LogP contribution in [0.2, 0.25) is 10.0 Å². The Kier molecular flexibility index (Phi) is 7.15. The predicted molar refractivity (Wildman–Crippen MR) is 143 cm³/mol. The molecule has 8 nitrogen and oxygen atoms in total. The number of nitrogens with two attached hydrogens (primary N) is 1. The molecule has 1 fully saturated rings. The third kappa shape index (κ3) is 5.18. The summed E-state index contributed by atoms with van der Waals surface area (Å²) in [5.74, 6) is -0.263. The van der Waals surface area contributed by atoms with Gasteiger partial charge in [0, 0.05) is 39.6 Å². The number of benzene rings is 3. The number of rotatable bonds is 7. The van der Waals surface area contributed by atoms with E-state index >= 15 is 0 Å². The van der Waals surface area contributed by atoms with Crippen LogP contribution in [0.3, 0.4) is 0 Å². The number of nitrogens with one attached hydrogen (secondary N) is 1. The van der Waals surface area contributed by atoms with Crippen molar-refractivity contribution in [1.29, 1.82) is 0 Å². The summed E-state index contributed by atoms with van der Waals surface area (Å²) in [7, 11) is -4.10. The van der Waals surface area contributed by atoms with Gasteiger partial charge in [0.1, 0.15) is 29.0 Å². The van der Waals surface area contributed by atoms with Gasteiger partial charge in [-0.15, -0.1) is 0 Å². The Labute approximate surface area is 223 Å². The summed E-state index contributed by atoms with van der Waals surface area (Å²) < 4.78 is 40.3. The zero-order valence-electron chi connectivity index (χ0n) is 19.5. The number of aromatic amines is 1.